The van der Waals surface area contributed by atoms with Gasteiger partial charge in [-0.2, -0.15) is 0 Å². The number of amides is 1. The predicted octanol–water partition coefficient (Wildman–Crippen LogP) is 3.39. The monoisotopic (exact) mass is 404 g/mol. The summed E-state index contributed by atoms with van der Waals surface area (Å²) in [4.78, 5) is 41.3. The second kappa shape index (κ2) is 9.26. The molecule has 1 aliphatic heterocycles. The van der Waals surface area contributed by atoms with Crippen LogP contribution in [0.15, 0.2) is 41.8 Å². The molecule has 1 aromatic heterocycles. The third-order valence-electron chi connectivity index (χ3n) is 4.62. The maximum atomic E-state index is 12.4. The Kier molecular flexibility index (Phi) is 6.77. The normalized spacial score (nSPS) is 14.9. The van der Waals surface area contributed by atoms with Gasteiger partial charge in [-0.15, -0.1) is 11.3 Å². The summed E-state index contributed by atoms with van der Waals surface area (Å²) in [6.07, 6.45) is 0.396. The summed E-state index contributed by atoms with van der Waals surface area (Å²) in [5, 5.41) is 2.48. The van der Waals surface area contributed by atoms with E-state index < -0.39 is 0 Å². The van der Waals surface area contributed by atoms with E-state index >= 15 is 0 Å². The van der Waals surface area contributed by atoms with Crippen LogP contribution < -0.4 is 0 Å². The fraction of sp³-hybridized carbons (Fsp3) is 0.350. The van der Waals surface area contributed by atoms with Crippen LogP contribution in [-0.4, -0.2) is 60.0 Å². The van der Waals surface area contributed by atoms with Gasteiger partial charge in [-0.25, -0.2) is 0 Å². The van der Waals surface area contributed by atoms with Crippen LogP contribution in [0.25, 0.3) is 0 Å². The molecule has 1 saturated heterocycles. The Morgan fingerprint density at radius 1 is 0.926 bits per heavy atom. The first kappa shape index (κ1) is 19.7. The van der Waals surface area contributed by atoms with Gasteiger partial charge in [0.25, 0.3) is 0 Å². The molecule has 0 spiro atoms. The van der Waals surface area contributed by atoms with E-state index in [0.29, 0.717) is 43.3 Å². The minimum atomic E-state index is -0.0554. The Balaban J connectivity index is 1.41. The molecule has 0 N–H and O–H groups in total. The van der Waals surface area contributed by atoms with Crippen LogP contribution >= 0.6 is 22.9 Å². The molecule has 7 heteroatoms. The highest BCUT2D eigenvalue weighted by Crippen LogP contribution is 2.14. The van der Waals surface area contributed by atoms with Gasteiger partial charge in [-0.05, 0) is 35.7 Å². The quantitative estimate of drug-likeness (QED) is 0.664. The summed E-state index contributed by atoms with van der Waals surface area (Å²) in [5.74, 6) is 0.0556. The molecule has 1 amide bonds. The number of thiophene rings is 1. The highest BCUT2D eigenvalue weighted by Gasteiger charge is 2.23. The molecular formula is C20H21ClN2O3S. The molecule has 0 radical (unpaired) electrons. The Bertz CT molecular complexity index is 797. The predicted molar refractivity (Wildman–Crippen MR) is 107 cm³/mol. The maximum absolute atomic E-state index is 12.4. The van der Waals surface area contributed by atoms with Gasteiger partial charge in [0.15, 0.2) is 11.6 Å². The molecule has 27 heavy (non-hydrogen) atoms. The second-order valence-electron chi connectivity index (χ2n) is 6.49. The molecule has 0 atom stereocenters. The van der Waals surface area contributed by atoms with Crippen LogP contribution in [0.2, 0.25) is 5.02 Å². The number of halogens is 1. The minimum Gasteiger partial charge on any atom is -0.340 e. The molecule has 0 bridgehead atoms. The third-order valence-corrected chi connectivity index (χ3v) is 5.78. The van der Waals surface area contributed by atoms with Crippen molar-refractivity contribution in [1.29, 1.82) is 0 Å². The molecule has 0 aliphatic carbocycles. The number of rotatable bonds is 7. The van der Waals surface area contributed by atoms with Crippen molar-refractivity contribution in [2.24, 2.45) is 0 Å². The summed E-state index contributed by atoms with van der Waals surface area (Å²) in [7, 11) is 0. The van der Waals surface area contributed by atoms with Crippen LogP contribution in [-0.2, 0) is 4.79 Å². The lowest BCUT2D eigenvalue weighted by Crippen LogP contribution is -2.49. The van der Waals surface area contributed by atoms with Crippen molar-refractivity contribution < 1.29 is 14.4 Å². The van der Waals surface area contributed by atoms with Crippen molar-refractivity contribution in [3.05, 3.63) is 57.2 Å². The average molecular weight is 405 g/mol. The minimum absolute atomic E-state index is 0.0125. The van der Waals surface area contributed by atoms with Gasteiger partial charge in [0.1, 0.15) is 0 Å². The van der Waals surface area contributed by atoms with E-state index in [1.807, 2.05) is 17.5 Å². The van der Waals surface area contributed by atoms with Crippen molar-refractivity contribution in [2.75, 3.05) is 32.7 Å². The van der Waals surface area contributed by atoms with Crippen LogP contribution in [0.3, 0.4) is 0 Å². The van der Waals surface area contributed by atoms with Crippen molar-refractivity contribution in [2.45, 2.75) is 12.8 Å². The van der Waals surface area contributed by atoms with E-state index in [1.165, 1.54) is 11.3 Å². The number of carbonyl (C=O) groups excluding carboxylic acids is 3. The van der Waals surface area contributed by atoms with Gasteiger partial charge in [0, 0.05) is 49.6 Å². The van der Waals surface area contributed by atoms with E-state index in [9.17, 15) is 14.4 Å². The largest absolute Gasteiger partial charge is 0.340 e. The van der Waals surface area contributed by atoms with E-state index in [1.54, 1.807) is 29.2 Å². The van der Waals surface area contributed by atoms with E-state index in [4.69, 9.17) is 11.6 Å². The highest BCUT2D eigenvalue weighted by molar-refractivity contribution is 7.12. The number of carbonyl (C=O) groups is 3. The summed E-state index contributed by atoms with van der Waals surface area (Å²) in [6.45, 7) is 2.91. The summed E-state index contributed by atoms with van der Waals surface area (Å²) in [6, 6.07) is 10.4. The third kappa shape index (κ3) is 5.48. The van der Waals surface area contributed by atoms with Gasteiger partial charge in [-0.1, -0.05) is 17.7 Å². The van der Waals surface area contributed by atoms with E-state index in [2.05, 4.69) is 4.90 Å². The molecule has 2 aromatic rings. The van der Waals surface area contributed by atoms with Gasteiger partial charge < -0.3 is 4.90 Å². The molecule has 5 nitrogen and oxygen atoms in total. The average Bonchev–Trinajstić information content (AvgIpc) is 3.22. The molecule has 0 saturated carbocycles. The summed E-state index contributed by atoms with van der Waals surface area (Å²) >= 11 is 7.27. The van der Waals surface area contributed by atoms with Gasteiger partial charge in [0.05, 0.1) is 11.4 Å². The molecule has 142 valence electrons. The number of ketones is 2. The maximum Gasteiger partial charge on any atom is 0.223 e. The smallest absolute Gasteiger partial charge is 0.223 e. The summed E-state index contributed by atoms with van der Waals surface area (Å²) in [5.41, 5.74) is 0.573. The van der Waals surface area contributed by atoms with Crippen molar-refractivity contribution in [3.8, 4) is 0 Å². The van der Waals surface area contributed by atoms with Crippen molar-refractivity contribution >= 4 is 40.4 Å². The van der Waals surface area contributed by atoms with Gasteiger partial charge in [0.2, 0.25) is 5.91 Å². The Labute approximate surface area is 167 Å². The fourth-order valence-electron chi connectivity index (χ4n) is 3.03. The van der Waals surface area contributed by atoms with Crippen LogP contribution in [0, 0.1) is 0 Å². The van der Waals surface area contributed by atoms with Gasteiger partial charge in [-0.3, -0.25) is 19.3 Å². The number of hydrogen-bond acceptors (Lipinski definition) is 5. The van der Waals surface area contributed by atoms with E-state index in [0.717, 1.165) is 4.88 Å². The standard InChI is InChI=1S/C20H21ClN2O3S/c21-16-5-3-15(4-6-16)17(24)7-8-20(26)23-11-9-22(10-12-23)14-18(25)19-2-1-13-27-19/h1-6,13H,7-12,14H2. The second-order valence-corrected chi connectivity index (χ2v) is 7.87. The molecule has 2 heterocycles. The number of Topliss-reactive ketones (excluding diaryl/α,β-unsaturated/α-hetero) is 2. The molecule has 0 unspecified atom stereocenters. The van der Waals surface area contributed by atoms with Crippen molar-refractivity contribution in [3.63, 3.8) is 0 Å². The molecular weight excluding hydrogens is 384 g/mol. The Hall–Kier alpha value is -2.02. The topological polar surface area (TPSA) is 57.7 Å². The lowest BCUT2D eigenvalue weighted by Gasteiger charge is -2.34. The lowest BCUT2D eigenvalue weighted by molar-refractivity contribution is -0.132. The first-order chi connectivity index (χ1) is 13.0. The lowest BCUT2D eigenvalue weighted by atomic mass is 10.1. The summed E-state index contributed by atoms with van der Waals surface area (Å²) < 4.78 is 0. The highest BCUT2D eigenvalue weighted by atomic mass is 35.5. The Morgan fingerprint density at radius 3 is 2.26 bits per heavy atom. The molecule has 3 rings (SSSR count). The van der Waals surface area contributed by atoms with E-state index in [-0.39, 0.29) is 30.3 Å². The zero-order valence-corrected chi connectivity index (χ0v) is 16.5. The zero-order valence-electron chi connectivity index (χ0n) is 14.9. The number of benzene rings is 1. The number of nitrogens with zero attached hydrogens (tertiary/aromatic N) is 2. The molecule has 1 fully saturated rings. The molecule has 1 aliphatic rings. The fourth-order valence-corrected chi connectivity index (χ4v) is 3.82. The van der Waals surface area contributed by atoms with Crippen LogP contribution in [0.4, 0.5) is 0 Å². The number of piperazine rings is 1. The van der Waals surface area contributed by atoms with Crippen LogP contribution in [0.5, 0.6) is 0 Å². The van der Waals surface area contributed by atoms with Crippen LogP contribution in [0.1, 0.15) is 32.9 Å². The first-order valence-corrected chi connectivity index (χ1v) is 10.1. The number of hydrogen-bond donors (Lipinski definition) is 0. The van der Waals surface area contributed by atoms with Gasteiger partial charge >= 0.3 is 0 Å². The first-order valence-electron chi connectivity index (χ1n) is 8.88. The Morgan fingerprint density at radius 2 is 1.63 bits per heavy atom. The zero-order chi connectivity index (χ0) is 19.2. The molecule has 1 aromatic carbocycles. The van der Waals surface area contributed by atoms with Crippen molar-refractivity contribution in [1.82, 2.24) is 9.80 Å². The SMILES string of the molecule is O=C(CCC(=O)N1CCN(CC(=O)c2cccs2)CC1)c1ccc(Cl)cc1.